The number of hydrogen-bond donors (Lipinski definition) is 4. The highest BCUT2D eigenvalue weighted by molar-refractivity contribution is 6.58. The van der Waals surface area contributed by atoms with Crippen LogP contribution in [0, 0.1) is 0 Å². The summed E-state index contributed by atoms with van der Waals surface area (Å²) in [7, 11) is 0.342. The molecular weight excluding hydrogens is 359 g/mol. The van der Waals surface area contributed by atoms with E-state index in [0.717, 1.165) is 31.9 Å². The van der Waals surface area contributed by atoms with Crippen LogP contribution in [0.25, 0.3) is 0 Å². The molecule has 1 aliphatic rings. The van der Waals surface area contributed by atoms with Gasteiger partial charge in [0.1, 0.15) is 5.72 Å². The molecule has 28 heavy (non-hydrogen) atoms. The summed E-state index contributed by atoms with van der Waals surface area (Å²) in [5.41, 5.74) is -0.603. The SMILES string of the molecule is CC(C)(O)C(C)(C)O.COC(C)(C)N1CCN(c2ccc(B(O)O)cc2)CC1. The van der Waals surface area contributed by atoms with Crippen molar-refractivity contribution >= 4 is 18.3 Å². The van der Waals surface area contributed by atoms with Gasteiger partial charge in [0, 0.05) is 39.0 Å². The second-order valence-corrected chi connectivity index (χ2v) is 8.71. The second kappa shape index (κ2) is 9.56. The fraction of sp³-hybridized carbons (Fsp3) is 0.700. The number of nitrogens with zero attached hydrogens (tertiary/aromatic N) is 2. The molecule has 0 spiro atoms. The van der Waals surface area contributed by atoms with Crippen molar-refractivity contribution in [2.24, 2.45) is 0 Å². The van der Waals surface area contributed by atoms with Gasteiger partial charge in [0.25, 0.3) is 0 Å². The van der Waals surface area contributed by atoms with E-state index in [1.165, 1.54) is 0 Å². The van der Waals surface area contributed by atoms with Crippen LogP contribution in [0.2, 0.25) is 0 Å². The highest BCUT2D eigenvalue weighted by Crippen LogP contribution is 2.21. The molecule has 0 aliphatic carbocycles. The lowest BCUT2D eigenvalue weighted by Gasteiger charge is -2.43. The van der Waals surface area contributed by atoms with Crippen molar-refractivity contribution in [2.45, 2.75) is 58.5 Å². The number of aliphatic hydroxyl groups is 2. The Hall–Kier alpha value is -1.16. The Balaban J connectivity index is 0.000000416. The minimum absolute atomic E-state index is 0.225. The minimum Gasteiger partial charge on any atom is -0.423 e. The van der Waals surface area contributed by atoms with E-state index >= 15 is 0 Å². The molecule has 0 atom stereocenters. The van der Waals surface area contributed by atoms with Gasteiger partial charge in [-0.15, -0.1) is 0 Å². The Bertz CT molecular complexity index is 574. The van der Waals surface area contributed by atoms with Crippen LogP contribution in [0.15, 0.2) is 24.3 Å². The molecule has 1 saturated heterocycles. The minimum atomic E-state index is -1.40. The van der Waals surface area contributed by atoms with Crippen molar-refractivity contribution in [3.05, 3.63) is 24.3 Å². The Kier molecular flexibility index (Phi) is 8.50. The lowest BCUT2D eigenvalue weighted by atomic mass is 9.80. The van der Waals surface area contributed by atoms with E-state index in [1.54, 1.807) is 46.9 Å². The van der Waals surface area contributed by atoms with Gasteiger partial charge in [-0.2, -0.15) is 0 Å². The summed E-state index contributed by atoms with van der Waals surface area (Å²) in [6.45, 7) is 14.2. The Morgan fingerprint density at radius 3 is 1.57 bits per heavy atom. The number of hydrogen-bond acceptors (Lipinski definition) is 7. The summed E-state index contributed by atoms with van der Waals surface area (Å²) in [6.07, 6.45) is 0. The number of piperazine rings is 1. The average molecular weight is 396 g/mol. The first-order valence-electron chi connectivity index (χ1n) is 9.65. The predicted octanol–water partition coefficient (Wildman–Crippen LogP) is 0.399. The lowest BCUT2D eigenvalue weighted by molar-refractivity contribution is -0.110. The van der Waals surface area contributed by atoms with Crippen LogP contribution in [0.3, 0.4) is 0 Å². The van der Waals surface area contributed by atoms with E-state index in [-0.39, 0.29) is 5.72 Å². The molecule has 2 rings (SSSR count). The lowest BCUT2D eigenvalue weighted by Crippen LogP contribution is -2.55. The number of anilines is 1. The average Bonchev–Trinajstić information content (AvgIpc) is 2.61. The van der Waals surface area contributed by atoms with E-state index in [0.29, 0.717) is 5.46 Å². The van der Waals surface area contributed by atoms with Crippen LogP contribution >= 0.6 is 0 Å². The van der Waals surface area contributed by atoms with Gasteiger partial charge in [-0.05, 0) is 59.1 Å². The molecule has 0 unspecified atom stereocenters. The fourth-order valence-electron chi connectivity index (χ4n) is 2.49. The summed E-state index contributed by atoms with van der Waals surface area (Å²) in [5.74, 6) is 0. The molecule has 7 nitrogen and oxygen atoms in total. The van der Waals surface area contributed by atoms with E-state index < -0.39 is 18.3 Å². The Labute approximate surface area is 169 Å². The number of ether oxygens (including phenoxy) is 1. The molecular formula is C20H37BN2O5. The first-order valence-corrected chi connectivity index (χ1v) is 9.65. The number of methoxy groups -OCH3 is 1. The first-order chi connectivity index (χ1) is 12.7. The Morgan fingerprint density at radius 2 is 1.25 bits per heavy atom. The van der Waals surface area contributed by atoms with Gasteiger partial charge in [0.05, 0.1) is 11.2 Å². The van der Waals surface area contributed by atoms with Crippen molar-refractivity contribution in [1.29, 1.82) is 0 Å². The van der Waals surface area contributed by atoms with Gasteiger partial charge < -0.3 is 29.9 Å². The molecule has 1 aromatic carbocycles. The maximum Gasteiger partial charge on any atom is 0.488 e. The van der Waals surface area contributed by atoms with Crippen molar-refractivity contribution in [3.63, 3.8) is 0 Å². The topological polar surface area (TPSA) is 96.6 Å². The van der Waals surface area contributed by atoms with Crippen LogP contribution < -0.4 is 10.4 Å². The van der Waals surface area contributed by atoms with E-state index in [9.17, 15) is 0 Å². The normalized spacial score (nSPS) is 16.5. The van der Waals surface area contributed by atoms with Crippen molar-refractivity contribution in [2.75, 3.05) is 38.2 Å². The molecule has 1 heterocycles. The molecule has 0 amide bonds. The molecule has 0 saturated carbocycles. The van der Waals surface area contributed by atoms with Crippen LogP contribution in [0.5, 0.6) is 0 Å². The highest BCUT2D eigenvalue weighted by atomic mass is 16.5. The molecule has 0 radical (unpaired) electrons. The molecule has 0 aromatic heterocycles. The quantitative estimate of drug-likeness (QED) is 0.535. The van der Waals surface area contributed by atoms with Gasteiger partial charge in [-0.25, -0.2) is 0 Å². The molecule has 4 N–H and O–H groups in total. The zero-order valence-electron chi connectivity index (χ0n) is 18.3. The largest absolute Gasteiger partial charge is 0.488 e. The van der Waals surface area contributed by atoms with Gasteiger partial charge in [-0.1, -0.05) is 12.1 Å². The van der Waals surface area contributed by atoms with Crippen LogP contribution in [0.1, 0.15) is 41.5 Å². The summed E-state index contributed by atoms with van der Waals surface area (Å²) in [5, 5.41) is 36.4. The zero-order chi connectivity index (χ0) is 21.8. The third-order valence-electron chi connectivity index (χ3n) is 5.59. The van der Waals surface area contributed by atoms with E-state index in [1.807, 2.05) is 12.1 Å². The summed E-state index contributed by atoms with van der Waals surface area (Å²) in [6, 6.07) is 7.38. The third-order valence-corrected chi connectivity index (χ3v) is 5.59. The monoisotopic (exact) mass is 396 g/mol. The molecule has 1 aromatic rings. The highest BCUT2D eigenvalue weighted by Gasteiger charge is 2.32. The van der Waals surface area contributed by atoms with Crippen LogP contribution in [-0.2, 0) is 4.74 Å². The standard InChI is InChI=1S/C14H23BN2O3.C6H14O2/c1-14(2,20-3)17-10-8-16(9-11-17)13-6-4-12(5-7-13)15(18)19;1-5(2,7)6(3,4)8/h4-7,18-19H,8-11H2,1-3H3;7-8H,1-4H3. The van der Waals surface area contributed by atoms with E-state index in [2.05, 4.69) is 23.6 Å². The summed E-state index contributed by atoms with van der Waals surface area (Å²) >= 11 is 0. The van der Waals surface area contributed by atoms with Gasteiger partial charge >= 0.3 is 7.12 Å². The maximum absolute atomic E-state index is 9.10. The summed E-state index contributed by atoms with van der Waals surface area (Å²) < 4.78 is 5.51. The molecule has 1 aliphatic heterocycles. The third kappa shape index (κ3) is 7.02. The molecule has 0 bridgehead atoms. The molecule has 1 fully saturated rings. The number of rotatable bonds is 5. The van der Waals surface area contributed by atoms with Gasteiger partial charge in [0.2, 0.25) is 0 Å². The summed E-state index contributed by atoms with van der Waals surface area (Å²) in [4.78, 5) is 4.63. The van der Waals surface area contributed by atoms with Crippen molar-refractivity contribution in [1.82, 2.24) is 4.90 Å². The van der Waals surface area contributed by atoms with Crippen molar-refractivity contribution < 1.29 is 25.0 Å². The van der Waals surface area contributed by atoms with Crippen LogP contribution in [-0.4, -0.2) is 82.5 Å². The van der Waals surface area contributed by atoms with Crippen LogP contribution in [0.4, 0.5) is 5.69 Å². The van der Waals surface area contributed by atoms with Gasteiger partial charge in [-0.3, -0.25) is 4.90 Å². The molecule has 160 valence electrons. The van der Waals surface area contributed by atoms with Crippen molar-refractivity contribution in [3.8, 4) is 0 Å². The first kappa shape index (κ1) is 24.9. The predicted molar refractivity (Wildman–Crippen MR) is 114 cm³/mol. The van der Waals surface area contributed by atoms with E-state index in [4.69, 9.17) is 25.0 Å². The zero-order valence-corrected chi connectivity index (χ0v) is 18.3. The fourth-order valence-corrected chi connectivity index (χ4v) is 2.49. The Morgan fingerprint density at radius 1 is 0.821 bits per heavy atom. The maximum atomic E-state index is 9.10. The number of benzene rings is 1. The molecule has 8 heteroatoms. The smallest absolute Gasteiger partial charge is 0.423 e. The second-order valence-electron chi connectivity index (χ2n) is 8.71. The van der Waals surface area contributed by atoms with Gasteiger partial charge in [0.15, 0.2) is 0 Å².